The van der Waals surface area contributed by atoms with Crippen molar-refractivity contribution in [2.24, 2.45) is 0 Å². The summed E-state index contributed by atoms with van der Waals surface area (Å²) in [6, 6.07) is 4.92. The van der Waals surface area contributed by atoms with Crippen LogP contribution in [0.5, 0.6) is 0 Å². The van der Waals surface area contributed by atoms with Gasteiger partial charge in [-0.1, -0.05) is 13.8 Å². The van der Waals surface area contributed by atoms with Gasteiger partial charge in [0, 0.05) is 24.5 Å². The molecule has 0 aromatic heterocycles. The fraction of sp³-hybridized carbons (Fsp3) is 0.462. The van der Waals surface area contributed by atoms with Gasteiger partial charge in [-0.2, -0.15) is 0 Å². The summed E-state index contributed by atoms with van der Waals surface area (Å²) in [5, 5.41) is 2.86. The third-order valence-electron chi connectivity index (χ3n) is 2.93. The van der Waals surface area contributed by atoms with Crippen molar-refractivity contribution in [3.8, 4) is 0 Å². The summed E-state index contributed by atoms with van der Waals surface area (Å²) in [5.74, 6) is -0.153. The van der Waals surface area contributed by atoms with Crippen molar-refractivity contribution in [2.75, 3.05) is 37.6 Å². The zero-order valence-corrected chi connectivity index (χ0v) is 11.1. The molecular weight excluding hydrogens is 228 g/mol. The SMILES string of the molecule is CCN(CC)CCNC(=O)c1ccc(N)cc1N. The fourth-order valence-corrected chi connectivity index (χ4v) is 1.75. The first kappa shape index (κ1) is 14.3. The number of rotatable bonds is 6. The van der Waals surface area contributed by atoms with E-state index in [-0.39, 0.29) is 5.91 Å². The van der Waals surface area contributed by atoms with Crippen LogP contribution < -0.4 is 16.8 Å². The number of carbonyl (C=O) groups excluding carboxylic acids is 1. The highest BCUT2D eigenvalue weighted by Crippen LogP contribution is 2.15. The van der Waals surface area contributed by atoms with Gasteiger partial charge in [0.2, 0.25) is 0 Å². The molecule has 1 aromatic rings. The molecule has 1 rings (SSSR count). The summed E-state index contributed by atoms with van der Waals surface area (Å²) < 4.78 is 0. The Kier molecular flexibility index (Phi) is 5.45. The quantitative estimate of drug-likeness (QED) is 0.656. The zero-order valence-electron chi connectivity index (χ0n) is 11.1. The third kappa shape index (κ3) is 3.92. The number of amides is 1. The molecule has 0 bridgehead atoms. The van der Waals surface area contributed by atoms with Crippen LogP contribution in [0.3, 0.4) is 0 Å². The molecule has 1 amide bonds. The Labute approximate surface area is 108 Å². The van der Waals surface area contributed by atoms with Crippen molar-refractivity contribution >= 4 is 17.3 Å². The molecule has 0 aliphatic rings. The molecule has 0 spiro atoms. The van der Waals surface area contributed by atoms with Crippen LogP contribution in [0.1, 0.15) is 24.2 Å². The maximum absolute atomic E-state index is 11.9. The Hall–Kier alpha value is -1.75. The topological polar surface area (TPSA) is 84.4 Å². The van der Waals surface area contributed by atoms with E-state index in [1.54, 1.807) is 18.2 Å². The van der Waals surface area contributed by atoms with E-state index < -0.39 is 0 Å². The van der Waals surface area contributed by atoms with Gasteiger partial charge in [0.05, 0.1) is 5.56 Å². The lowest BCUT2D eigenvalue weighted by Gasteiger charge is -2.18. The van der Waals surface area contributed by atoms with Crippen LogP contribution in [0.4, 0.5) is 11.4 Å². The summed E-state index contributed by atoms with van der Waals surface area (Å²) in [5.41, 5.74) is 12.8. The lowest BCUT2D eigenvalue weighted by atomic mass is 10.1. The van der Waals surface area contributed by atoms with Gasteiger partial charge in [0.25, 0.3) is 5.91 Å². The molecule has 18 heavy (non-hydrogen) atoms. The first-order valence-electron chi connectivity index (χ1n) is 6.24. The molecule has 5 nitrogen and oxygen atoms in total. The van der Waals surface area contributed by atoms with Gasteiger partial charge in [-0.25, -0.2) is 0 Å². The van der Waals surface area contributed by atoms with Crippen LogP contribution in [-0.4, -0.2) is 37.0 Å². The Morgan fingerprint density at radius 1 is 1.28 bits per heavy atom. The number of anilines is 2. The van der Waals surface area contributed by atoms with E-state index in [1.807, 2.05) is 0 Å². The standard InChI is InChI=1S/C13H22N4O/c1-3-17(4-2)8-7-16-13(18)11-6-5-10(14)9-12(11)15/h5-6,9H,3-4,7-8,14-15H2,1-2H3,(H,16,18). The van der Waals surface area contributed by atoms with Crippen LogP contribution in [0.15, 0.2) is 18.2 Å². The molecule has 5 heteroatoms. The molecule has 1 aromatic carbocycles. The number of nitrogens with zero attached hydrogens (tertiary/aromatic N) is 1. The van der Waals surface area contributed by atoms with Gasteiger partial charge in [0.1, 0.15) is 0 Å². The van der Waals surface area contributed by atoms with E-state index in [9.17, 15) is 4.79 Å². The highest BCUT2D eigenvalue weighted by atomic mass is 16.1. The molecule has 0 fully saturated rings. The lowest BCUT2D eigenvalue weighted by Crippen LogP contribution is -2.35. The Morgan fingerprint density at radius 3 is 2.50 bits per heavy atom. The number of carbonyl (C=O) groups is 1. The molecule has 0 unspecified atom stereocenters. The van der Waals surface area contributed by atoms with Crippen LogP contribution in [0, 0.1) is 0 Å². The van der Waals surface area contributed by atoms with Gasteiger partial charge >= 0.3 is 0 Å². The number of nitrogens with one attached hydrogen (secondary N) is 1. The molecule has 0 saturated carbocycles. The second kappa shape index (κ2) is 6.86. The van der Waals surface area contributed by atoms with Crippen molar-refractivity contribution in [1.29, 1.82) is 0 Å². The summed E-state index contributed by atoms with van der Waals surface area (Å²) in [7, 11) is 0. The zero-order chi connectivity index (χ0) is 13.5. The van der Waals surface area contributed by atoms with Gasteiger partial charge in [-0.05, 0) is 31.3 Å². The minimum Gasteiger partial charge on any atom is -0.399 e. The van der Waals surface area contributed by atoms with Crippen LogP contribution in [-0.2, 0) is 0 Å². The molecule has 100 valence electrons. The molecular formula is C13H22N4O. The minimum absolute atomic E-state index is 0.153. The average molecular weight is 250 g/mol. The van der Waals surface area contributed by atoms with E-state index in [4.69, 9.17) is 11.5 Å². The maximum atomic E-state index is 11.9. The lowest BCUT2D eigenvalue weighted by molar-refractivity contribution is 0.0950. The van der Waals surface area contributed by atoms with Gasteiger partial charge < -0.3 is 21.7 Å². The fourth-order valence-electron chi connectivity index (χ4n) is 1.75. The minimum atomic E-state index is -0.153. The highest BCUT2D eigenvalue weighted by Gasteiger charge is 2.09. The molecule has 0 radical (unpaired) electrons. The Bertz CT molecular complexity index is 402. The summed E-state index contributed by atoms with van der Waals surface area (Å²) >= 11 is 0. The predicted octanol–water partition coefficient (Wildman–Crippen LogP) is 0.923. The number of hydrogen-bond acceptors (Lipinski definition) is 4. The van der Waals surface area contributed by atoms with Gasteiger partial charge in [0.15, 0.2) is 0 Å². The van der Waals surface area contributed by atoms with E-state index in [1.165, 1.54) is 0 Å². The predicted molar refractivity (Wildman–Crippen MR) is 75.4 cm³/mol. The maximum Gasteiger partial charge on any atom is 0.253 e. The monoisotopic (exact) mass is 250 g/mol. The van der Waals surface area contributed by atoms with Crippen molar-refractivity contribution < 1.29 is 4.79 Å². The molecule has 0 aliphatic carbocycles. The number of nitrogens with two attached hydrogens (primary N) is 2. The van der Waals surface area contributed by atoms with Crippen molar-refractivity contribution in [2.45, 2.75) is 13.8 Å². The van der Waals surface area contributed by atoms with E-state index in [0.717, 1.165) is 19.6 Å². The number of hydrogen-bond donors (Lipinski definition) is 3. The van der Waals surface area contributed by atoms with Crippen LogP contribution in [0.25, 0.3) is 0 Å². The van der Waals surface area contributed by atoms with E-state index in [0.29, 0.717) is 23.5 Å². The molecule has 0 atom stereocenters. The first-order chi connectivity index (χ1) is 8.58. The number of nitrogen functional groups attached to an aromatic ring is 2. The smallest absolute Gasteiger partial charge is 0.253 e. The van der Waals surface area contributed by atoms with Crippen LogP contribution in [0.2, 0.25) is 0 Å². The van der Waals surface area contributed by atoms with E-state index >= 15 is 0 Å². The summed E-state index contributed by atoms with van der Waals surface area (Å²) in [6.45, 7) is 7.62. The number of likely N-dealkylation sites (N-methyl/N-ethyl adjacent to an activating group) is 1. The highest BCUT2D eigenvalue weighted by molar-refractivity contribution is 5.99. The molecule has 0 heterocycles. The molecule has 0 aliphatic heterocycles. The summed E-state index contributed by atoms with van der Waals surface area (Å²) in [4.78, 5) is 14.1. The van der Waals surface area contributed by atoms with Crippen molar-refractivity contribution in [3.63, 3.8) is 0 Å². The van der Waals surface area contributed by atoms with E-state index in [2.05, 4.69) is 24.1 Å². The molecule has 5 N–H and O–H groups in total. The van der Waals surface area contributed by atoms with Crippen LogP contribution >= 0.6 is 0 Å². The largest absolute Gasteiger partial charge is 0.399 e. The Morgan fingerprint density at radius 2 is 1.94 bits per heavy atom. The Balaban J connectivity index is 2.50. The van der Waals surface area contributed by atoms with Gasteiger partial charge in [-0.3, -0.25) is 4.79 Å². The molecule has 0 saturated heterocycles. The van der Waals surface area contributed by atoms with Gasteiger partial charge in [-0.15, -0.1) is 0 Å². The third-order valence-corrected chi connectivity index (χ3v) is 2.93. The first-order valence-corrected chi connectivity index (χ1v) is 6.24. The number of benzene rings is 1. The summed E-state index contributed by atoms with van der Waals surface area (Å²) in [6.07, 6.45) is 0. The normalized spacial score (nSPS) is 10.6. The average Bonchev–Trinajstić information content (AvgIpc) is 2.34. The van der Waals surface area contributed by atoms with Crippen molar-refractivity contribution in [1.82, 2.24) is 10.2 Å². The second-order valence-corrected chi connectivity index (χ2v) is 4.13. The van der Waals surface area contributed by atoms with Crippen molar-refractivity contribution in [3.05, 3.63) is 23.8 Å². The second-order valence-electron chi connectivity index (χ2n) is 4.13.